The van der Waals surface area contributed by atoms with E-state index in [1.54, 1.807) is 6.07 Å². The first kappa shape index (κ1) is 14.6. The number of fused-ring (bicyclic) bond motifs is 2. The van der Waals surface area contributed by atoms with Crippen molar-refractivity contribution >= 4 is 22.4 Å². The van der Waals surface area contributed by atoms with Crippen molar-refractivity contribution in [2.24, 2.45) is 0 Å². The van der Waals surface area contributed by atoms with Gasteiger partial charge < -0.3 is 5.11 Å². The quantitative estimate of drug-likeness (QED) is 0.735. The zero-order chi connectivity index (χ0) is 15.8. The Morgan fingerprint density at radius 1 is 1.00 bits per heavy atom. The van der Waals surface area contributed by atoms with Gasteiger partial charge in [0, 0.05) is 30.2 Å². The van der Waals surface area contributed by atoms with Gasteiger partial charge in [-0.25, -0.2) is 0 Å². The van der Waals surface area contributed by atoms with Gasteiger partial charge in [-0.05, 0) is 40.5 Å². The zero-order valence-corrected chi connectivity index (χ0v) is 13.6. The van der Waals surface area contributed by atoms with Gasteiger partial charge >= 0.3 is 0 Å². The van der Waals surface area contributed by atoms with E-state index in [0.717, 1.165) is 42.0 Å². The second-order valence-electron chi connectivity index (χ2n) is 6.12. The van der Waals surface area contributed by atoms with E-state index < -0.39 is 0 Å². The Bertz CT molecular complexity index is 875. The molecule has 0 saturated heterocycles. The summed E-state index contributed by atoms with van der Waals surface area (Å²) in [6, 6.07) is 18.1. The average Bonchev–Trinajstić information content (AvgIpc) is 2.58. The summed E-state index contributed by atoms with van der Waals surface area (Å²) in [5, 5.41) is 13.5. The van der Waals surface area contributed by atoms with Crippen molar-refractivity contribution in [3.63, 3.8) is 0 Å². The minimum Gasteiger partial charge on any atom is -0.508 e. The lowest BCUT2D eigenvalue weighted by atomic mass is 9.98. The lowest BCUT2D eigenvalue weighted by molar-refractivity contribution is 0.243. The van der Waals surface area contributed by atoms with Crippen molar-refractivity contribution in [1.29, 1.82) is 0 Å². The van der Waals surface area contributed by atoms with Crippen LogP contribution in [0, 0.1) is 0 Å². The third kappa shape index (κ3) is 2.69. The molecule has 1 heterocycles. The van der Waals surface area contributed by atoms with Gasteiger partial charge in [0.2, 0.25) is 0 Å². The molecule has 0 radical (unpaired) electrons. The fraction of sp³-hybridized carbons (Fsp3) is 0.200. The highest BCUT2D eigenvalue weighted by molar-refractivity contribution is 6.31. The molecule has 3 aromatic carbocycles. The maximum absolute atomic E-state index is 10.3. The number of hydrogen-bond donors (Lipinski definition) is 1. The van der Waals surface area contributed by atoms with E-state index in [1.807, 2.05) is 30.3 Å². The number of nitrogens with zero attached hydrogens (tertiary/aromatic N) is 1. The third-order valence-electron chi connectivity index (χ3n) is 4.69. The molecule has 0 atom stereocenters. The van der Waals surface area contributed by atoms with E-state index in [1.165, 1.54) is 16.5 Å². The van der Waals surface area contributed by atoms with Crippen LogP contribution in [-0.4, -0.2) is 16.6 Å². The van der Waals surface area contributed by atoms with Crippen LogP contribution in [0.2, 0.25) is 5.02 Å². The van der Waals surface area contributed by atoms with Gasteiger partial charge in [-0.3, -0.25) is 4.90 Å². The molecule has 3 aromatic rings. The summed E-state index contributed by atoms with van der Waals surface area (Å²) in [7, 11) is 0. The number of hydrogen-bond acceptors (Lipinski definition) is 2. The molecular formula is C20H18ClNO. The Balaban J connectivity index is 1.66. The largest absolute Gasteiger partial charge is 0.508 e. The molecule has 116 valence electrons. The standard InChI is InChI=1S/C20H18ClNO/c21-19-7-3-5-15-12-22(11-10-17(15)19)13-18-16-6-2-1-4-14(16)8-9-20(18)23/h1-9,23H,10-13H2. The molecule has 2 nitrogen and oxygen atoms in total. The van der Waals surface area contributed by atoms with Gasteiger partial charge in [-0.2, -0.15) is 0 Å². The van der Waals surface area contributed by atoms with E-state index >= 15 is 0 Å². The molecular weight excluding hydrogens is 306 g/mol. The van der Waals surface area contributed by atoms with Crippen LogP contribution in [0.1, 0.15) is 16.7 Å². The summed E-state index contributed by atoms with van der Waals surface area (Å²) in [6.45, 7) is 2.58. The van der Waals surface area contributed by atoms with Crippen molar-refractivity contribution < 1.29 is 5.11 Å². The van der Waals surface area contributed by atoms with Gasteiger partial charge in [0.25, 0.3) is 0 Å². The Kier molecular flexibility index (Phi) is 3.72. The van der Waals surface area contributed by atoms with E-state index in [0.29, 0.717) is 5.75 Å². The summed E-state index contributed by atoms with van der Waals surface area (Å²) in [5.41, 5.74) is 3.57. The van der Waals surface area contributed by atoms with E-state index in [4.69, 9.17) is 11.6 Å². The smallest absolute Gasteiger partial charge is 0.120 e. The maximum Gasteiger partial charge on any atom is 0.120 e. The van der Waals surface area contributed by atoms with Crippen LogP contribution in [0.4, 0.5) is 0 Å². The van der Waals surface area contributed by atoms with Crippen molar-refractivity contribution in [3.8, 4) is 5.75 Å². The molecule has 1 N–H and O–H groups in total. The Morgan fingerprint density at radius 3 is 2.78 bits per heavy atom. The molecule has 0 spiro atoms. The number of aromatic hydroxyl groups is 1. The number of halogens is 1. The Morgan fingerprint density at radius 2 is 1.87 bits per heavy atom. The molecule has 0 aromatic heterocycles. The normalized spacial score (nSPS) is 14.8. The molecule has 1 aliphatic rings. The van der Waals surface area contributed by atoms with E-state index in [9.17, 15) is 5.11 Å². The van der Waals surface area contributed by atoms with Crippen molar-refractivity contribution in [1.82, 2.24) is 4.90 Å². The van der Waals surface area contributed by atoms with Gasteiger partial charge in [0.15, 0.2) is 0 Å². The van der Waals surface area contributed by atoms with Crippen molar-refractivity contribution in [2.75, 3.05) is 6.54 Å². The van der Waals surface area contributed by atoms with Crippen LogP contribution >= 0.6 is 11.6 Å². The van der Waals surface area contributed by atoms with Gasteiger partial charge in [0.1, 0.15) is 5.75 Å². The summed E-state index contributed by atoms with van der Waals surface area (Å²) < 4.78 is 0. The highest BCUT2D eigenvalue weighted by Gasteiger charge is 2.20. The molecule has 1 aliphatic heterocycles. The van der Waals surface area contributed by atoms with Crippen molar-refractivity contribution in [2.45, 2.75) is 19.5 Å². The minimum absolute atomic E-state index is 0.376. The molecule has 0 fully saturated rings. The predicted octanol–water partition coefficient (Wildman–Crippen LogP) is 4.76. The van der Waals surface area contributed by atoms with Crippen LogP contribution in [0.3, 0.4) is 0 Å². The molecule has 0 bridgehead atoms. The van der Waals surface area contributed by atoms with Crippen LogP contribution in [0.5, 0.6) is 5.75 Å². The first-order valence-electron chi connectivity index (χ1n) is 7.90. The number of phenols is 1. The molecule has 3 heteroatoms. The molecule has 0 aliphatic carbocycles. The predicted molar refractivity (Wildman–Crippen MR) is 94.9 cm³/mol. The maximum atomic E-state index is 10.3. The first-order valence-corrected chi connectivity index (χ1v) is 8.28. The number of rotatable bonds is 2. The van der Waals surface area contributed by atoms with E-state index in [2.05, 4.69) is 23.1 Å². The van der Waals surface area contributed by atoms with Crippen LogP contribution in [-0.2, 0) is 19.5 Å². The molecule has 0 unspecified atom stereocenters. The number of phenolic OH excluding ortho intramolecular Hbond substituents is 1. The van der Waals surface area contributed by atoms with Crippen molar-refractivity contribution in [3.05, 3.63) is 76.3 Å². The SMILES string of the molecule is Oc1ccc2ccccc2c1CN1CCc2c(Cl)cccc2C1. The van der Waals surface area contributed by atoms with E-state index in [-0.39, 0.29) is 0 Å². The van der Waals surface area contributed by atoms with Crippen LogP contribution < -0.4 is 0 Å². The fourth-order valence-corrected chi connectivity index (χ4v) is 3.76. The summed E-state index contributed by atoms with van der Waals surface area (Å²) in [4.78, 5) is 2.38. The Hall–Kier alpha value is -2.03. The van der Waals surface area contributed by atoms with Gasteiger partial charge in [-0.15, -0.1) is 0 Å². The Labute approximate surface area is 140 Å². The molecule has 4 rings (SSSR count). The van der Waals surface area contributed by atoms with Gasteiger partial charge in [0.05, 0.1) is 0 Å². The summed E-state index contributed by atoms with van der Waals surface area (Å²) in [5.74, 6) is 0.376. The lowest BCUT2D eigenvalue weighted by Crippen LogP contribution is -2.30. The number of benzene rings is 3. The highest BCUT2D eigenvalue weighted by atomic mass is 35.5. The summed E-state index contributed by atoms with van der Waals surface area (Å²) >= 11 is 6.29. The molecule has 23 heavy (non-hydrogen) atoms. The third-order valence-corrected chi connectivity index (χ3v) is 5.04. The highest BCUT2D eigenvalue weighted by Crippen LogP contribution is 2.31. The van der Waals surface area contributed by atoms with Gasteiger partial charge in [-0.1, -0.05) is 54.1 Å². The fourth-order valence-electron chi connectivity index (χ4n) is 3.47. The first-order chi connectivity index (χ1) is 11.2. The lowest BCUT2D eigenvalue weighted by Gasteiger charge is -2.29. The average molecular weight is 324 g/mol. The zero-order valence-electron chi connectivity index (χ0n) is 12.8. The monoisotopic (exact) mass is 323 g/mol. The molecule has 0 saturated carbocycles. The topological polar surface area (TPSA) is 23.5 Å². The minimum atomic E-state index is 0.376. The summed E-state index contributed by atoms with van der Waals surface area (Å²) in [6.07, 6.45) is 0.959. The van der Waals surface area contributed by atoms with Crippen LogP contribution in [0.25, 0.3) is 10.8 Å². The molecule has 0 amide bonds. The second kappa shape index (κ2) is 5.88. The van der Waals surface area contributed by atoms with Crippen LogP contribution in [0.15, 0.2) is 54.6 Å². The second-order valence-corrected chi connectivity index (χ2v) is 6.53.